The molecule has 0 saturated heterocycles. The van der Waals surface area contributed by atoms with Crippen molar-refractivity contribution < 1.29 is 14.3 Å². The quantitative estimate of drug-likeness (QED) is 0.497. The third-order valence-electron chi connectivity index (χ3n) is 5.12. The average Bonchev–Trinajstić information content (AvgIpc) is 3.41. The number of carbonyl (C=O) groups is 1. The zero-order valence-corrected chi connectivity index (χ0v) is 19.8. The van der Waals surface area contributed by atoms with Gasteiger partial charge in [-0.1, -0.05) is 42.9 Å². The van der Waals surface area contributed by atoms with E-state index in [0.29, 0.717) is 32.8 Å². The highest BCUT2D eigenvalue weighted by Gasteiger charge is 2.34. The van der Waals surface area contributed by atoms with Gasteiger partial charge >= 0.3 is 5.97 Å². The van der Waals surface area contributed by atoms with E-state index in [9.17, 15) is 9.59 Å². The van der Waals surface area contributed by atoms with E-state index in [4.69, 9.17) is 14.5 Å². The smallest absolute Gasteiger partial charge is 0.338 e. The molecule has 0 spiro atoms. The molecule has 1 aliphatic heterocycles. The van der Waals surface area contributed by atoms with Crippen molar-refractivity contribution >= 4 is 34.7 Å². The maximum atomic E-state index is 13.5. The van der Waals surface area contributed by atoms with Gasteiger partial charge in [-0.15, -0.1) is 11.3 Å². The number of carbonyl (C=O) groups excluding carboxylic acids is 1. The lowest BCUT2D eigenvalue weighted by Crippen LogP contribution is -2.40. The second-order valence-corrected chi connectivity index (χ2v) is 9.19. The maximum absolute atomic E-state index is 13.5. The molecule has 1 aliphatic rings. The van der Waals surface area contributed by atoms with Crippen LogP contribution in [0.4, 0.5) is 0 Å². The van der Waals surface area contributed by atoms with Gasteiger partial charge in [-0.25, -0.2) is 9.79 Å². The number of hydrogen-bond acceptors (Lipinski definition) is 7. The van der Waals surface area contributed by atoms with Crippen molar-refractivity contribution in [3.05, 3.63) is 83.2 Å². The molecular weight excluding hydrogens is 444 g/mol. The topological polar surface area (TPSA) is 69.9 Å². The van der Waals surface area contributed by atoms with Crippen molar-refractivity contribution in [1.82, 2.24) is 4.57 Å². The zero-order valence-electron chi connectivity index (χ0n) is 18.2. The summed E-state index contributed by atoms with van der Waals surface area (Å²) in [5.74, 6) is 0.209. The number of esters is 1. The van der Waals surface area contributed by atoms with Crippen LogP contribution in [0.25, 0.3) is 6.08 Å². The summed E-state index contributed by atoms with van der Waals surface area (Å²) in [4.78, 5) is 33.0. The van der Waals surface area contributed by atoms with Crippen LogP contribution in [0.15, 0.2) is 62.8 Å². The van der Waals surface area contributed by atoms with Crippen molar-refractivity contribution in [1.29, 1.82) is 0 Å². The predicted molar refractivity (Wildman–Crippen MR) is 127 cm³/mol. The van der Waals surface area contributed by atoms with Gasteiger partial charge in [-0.3, -0.25) is 9.36 Å². The second kappa shape index (κ2) is 9.67. The molecule has 166 valence electrons. The van der Waals surface area contributed by atoms with Crippen LogP contribution in [0.5, 0.6) is 5.75 Å². The van der Waals surface area contributed by atoms with Crippen molar-refractivity contribution in [2.75, 3.05) is 13.7 Å². The summed E-state index contributed by atoms with van der Waals surface area (Å²) in [5, 5.41) is 1.97. The molecule has 0 fully saturated rings. The highest BCUT2D eigenvalue weighted by atomic mass is 32.1. The number of ether oxygens (including phenoxy) is 2. The van der Waals surface area contributed by atoms with E-state index >= 15 is 0 Å². The fourth-order valence-corrected chi connectivity index (χ4v) is 5.49. The Balaban J connectivity index is 2.01. The van der Waals surface area contributed by atoms with Gasteiger partial charge in [0, 0.05) is 4.88 Å². The summed E-state index contributed by atoms with van der Waals surface area (Å²) in [6.45, 7) is 4.06. The third kappa shape index (κ3) is 4.20. The molecule has 1 aromatic carbocycles. The first-order valence-electron chi connectivity index (χ1n) is 10.5. The van der Waals surface area contributed by atoms with Crippen LogP contribution in [0.1, 0.15) is 43.2 Å². The summed E-state index contributed by atoms with van der Waals surface area (Å²) in [7, 11) is 1.59. The average molecular weight is 469 g/mol. The number of benzene rings is 1. The van der Waals surface area contributed by atoms with E-state index in [1.807, 2.05) is 54.8 Å². The van der Waals surface area contributed by atoms with Crippen molar-refractivity contribution in [3.8, 4) is 5.75 Å². The summed E-state index contributed by atoms with van der Waals surface area (Å²) >= 11 is 2.91. The molecule has 0 bridgehead atoms. The van der Waals surface area contributed by atoms with E-state index in [1.54, 1.807) is 29.9 Å². The molecule has 8 heteroatoms. The number of fused-ring (bicyclic) bond motifs is 1. The Morgan fingerprint density at radius 1 is 1.25 bits per heavy atom. The summed E-state index contributed by atoms with van der Waals surface area (Å²) < 4.78 is 13.0. The normalized spacial score (nSPS) is 16.0. The number of thiophene rings is 1. The molecule has 3 aromatic rings. The van der Waals surface area contributed by atoms with Gasteiger partial charge < -0.3 is 9.47 Å². The summed E-state index contributed by atoms with van der Waals surface area (Å²) in [6.07, 6.45) is 3.31. The number of aromatic nitrogens is 1. The first-order chi connectivity index (χ1) is 15.6. The third-order valence-corrected chi connectivity index (χ3v) is 6.92. The number of hydrogen-bond donors (Lipinski definition) is 0. The van der Waals surface area contributed by atoms with Gasteiger partial charge in [0.15, 0.2) is 4.80 Å². The van der Waals surface area contributed by atoms with Crippen LogP contribution in [-0.2, 0) is 9.53 Å². The zero-order chi connectivity index (χ0) is 22.7. The molecule has 0 aliphatic carbocycles. The standard InChI is InChI=1S/C24H24N2O4S2/c1-4-8-18-20(23(28)30-5-2)21(15-9-6-10-16(13-15)29-3)26-22(27)19(32-24(26)25-18)14-17-11-7-12-31-17/h6-7,9-14,21H,4-5,8H2,1-3H3/b19-14-. The van der Waals surface area contributed by atoms with Crippen LogP contribution >= 0.6 is 22.7 Å². The van der Waals surface area contributed by atoms with E-state index in [1.165, 1.54) is 11.3 Å². The number of nitrogens with zero attached hydrogens (tertiary/aromatic N) is 2. The van der Waals surface area contributed by atoms with E-state index in [2.05, 4.69) is 0 Å². The minimum atomic E-state index is -0.632. The monoisotopic (exact) mass is 468 g/mol. The molecule has 1 atom stereocenters. The Morgan fingerprint density at radius 3 is 2.78 bits per heavy atom. The van der Waals surface area contributed by atoms with Crippen LogP contribution in [0, 0.1) is 0 Å². The minimum Gasteiger partial charge on any atom is -0.497 e. The van der Waals surface area contributed by atoms with Crippen LogP contribution < -0.4 is 19.6 Å². The van der Waals surface area contributed by atoms with Gasteiger partial charge in [0.1, 0.15) is 5.75 Å². The molecule has 6 nitrogen and oxygen atoms in total. The van der Waals surface area contributed by atoms with Gasteiger partial charge in [-0.2, -0.15) is 0 Å². The van der Waals surface area contributed by atoms with Crippen molar-refractivity contribution in [2.24, 2.45) is 4.99 Å². The SMILES string of the molecule is CCCC1=C(C(=O)OCC)C(c2cccc(OC)c2)n2c(s/c(=C\c3cccs3)c2=O)=N1. The molecule has 0 saturated carbocycles. The molecular formula is C24H24N2O4S2. The number of thiazole rings is 1. The maximum Gasteiger partial charge on any atom is 0.338 e. The highest BCUT2D eigenvalue weighted by Crippen LogP contribution is 2.33. The second-order valence-electron chi connectivity index (χ2n) is 7.21. The lowest BCUT2D eigenvalue weighted by atomic mass is 9.94. The predicted octanol–water partition coefficient (Wildman–Crippen LogP) is 3.65. The van der Waals surface area contributed by atoms with Crippen molar-refractivity contribution in [2.45, 2.75) is 32.7 Å². The fourth-order valence-electron chi connectivity index (χ4n) is 3.75. The van der Waals surface area contributed by atoms with Gasteiger partial charge in [0.2, 0.25) is 0 Å². The Bertz CT molecular complexity index is 1330. The van der Waals surface area contributed by atoms with Crippen LogP contribution in [0.2, 0.25) is 0 Å². The van der Waals surface area contributed by atoms with Gasteiger partial charge in [0.05, 0.1) is 35.6 Å². The number of allylic oxidation sites excluding steroid dienone is 1. The number of rotatable bonds is 7. The Kier molecular flexibility index (Phi) is 6.72. The molecule has 0 radical (unpaired) electrons. The van der Waals surface area contributed by atoms with Gasteiger partial charge in [0.25, 0.3) is 5.56 Å². The molecule has 1 unspecified atom stereocenters. The minimum absolute atomic E-state index is 0.174. The first kappa shape index (κ1) is 22.2. The molecule has 2 aromatic heterocycles. The van der Waals surface area contributed by atoms with E-state index in [0.717, 1.165) is 16.9 Å². The Hall–Kier alpha value is -2.97. The lowest BCUT2D eigenvalue weighted by molar-refractivity contribution is -0.139. The molecule has 0 amide bonds. The van der Waals surface area contributed by atoms with Crippen LogP contribution in [-0.4, -0.2) is 24.3 Å². The summed E-state index contributed by atoms with van der Waals surface area (Å²) in [6, 6.07) is 10.7. The largest absolute Gasteiger partial charge is 0.497 e. The molecule has 4 rings (SSSR count). The van der Waals surface area contributed by atoms with Crippen molar-refractivity contribution in [3.63, 3.8) is 0 Å². The van der Waals surface area contributed by atoms with E-state index in [-0.39, 0.29) is 12.2 Å². The van der Waals surface area contributed by atoms with E-state index < -0.39 is 12.0 Å². The molecule has 3 heterocycles. The summed E-state index contributed by atoms with van der Waals surface area (Å²) in [5.41, 5.74) is 1.69. The number of methoxy groups -OCH3 is 1. The Labute approximate surface area is 193 Å². The Morgan fingerprint density at radius 2 is 2.09 bits per heavy atom. The van der Waals surface area contributed by atoms with Gasteiger partial charge in [-0.05, 0) is 48.6 Å². The molecule has 32 heavy (non-hydrogen) atoms. The molecule has 0 N–H and O–H groups in total. The lowest BCUT2D eigenvalue weighted by Gasteiger charge is -2.26. The first-order valence-corrected chi connectivity index (χ1v) is 12.2. The van der Waals surface area contributed by atoms with Crippen LogP contribution in [0.3, 0.4) is 0 Å². The fraction of sp³-hybridized carbons (Fsp3) is 0.292. The highest BCUT2D eigenvalue weighted by molar-refractivity contribution is 7.11.